The van der Waals surface area contributed by atoms with Crippen LogP contribution in [0.1, 0.15) is 31.1 Å². The number of carbonyl (C=O) groups is 1. The third kappa shape index (κ3) is 2.56. The Morgan fingerprint density at radius 1 is 1.40 bits per heavy atom. The van der Waals surface area contributed by atoms with Crippen LogP contribution >= 0.6 is 12.6 Å². The minimum Gasteiger partial charge on any atom is -0.477 e. The monoisotopic (exact) mass is 287 g/mol. The van der Waals surface area contributed by atoms with E-state index in [-0.39, 0.29) is 16.4 Å². The van der Waals surface area contributed by atoms with E-state index in [1.807, 2.05) is 26.0 Å². The lowest BCUT2D eigenvalue weighted by Gasteiger charge is -2.02. The molecule has 20 heavy (non-hydrogen) atoms. The molecule has 4 nitrogen and oxygen atoms in total. The molecule has 0 fully saturated rings. The zero-order chi connectivity index (χ0) is 14.9. The number of hydrogen-bond donors (Lipinski definition) is 2. The molecule has 0 aliphatic rings. The normalized spacial score (nSPS) is 12.3. The number of carboxylic acid groups (broad SMARTS) is 1. The second-order valence-corrected chi connectivity index (χ2v) is 5.14. The van der Waals surface area contributed by atoms with Crippen LogP contribution in [0.5, 0.6) is 0 Å². The predicted molar refractivity (Wildman–Crippen MR) is 79.5 cm³/mol. The lowest BCUT2D eigenvalue weighted by molar-refractivity contribution is -0.132. The first-order chi connectivity index (χ1) is 9.43. The van der Waals surface area contributed by atoms with Crippen LogP contribution in [0, 0.1) is 11.3 Å². The third-order valence-corrected chi connectivity index (χ3v) is 3.43. The van der Waals surface area contributed by atoms with E-state index in [4.69, 9.17) is 14.8 Å². The van der Waals surface area contributed by atoms with Crippen LogP contribution in [-0.2, 0) is 4.79 Å². The van der Waals surface area contributed by atoms with E-state index < -0.39 is 5.97 Å². The molecular weight excluding hydrogens is 274 g/mol. The summed E-state index contributed by atoms with van der Waals surface area (Å²) in [6, 6.07) is 8.85. The summed E-state index contributed by atoms with van der Waals surface area (Å²) in [4.78, 5) is 11.1. The molecular formula is C15H13NO3S. The van der Waals surface area contributed by atoms with Crippen molar-refractivity contribution in [3.8, 4) is 6.07 Å². The van der Waals surface area contributed by atoms with Crippen molar-refractivity contribution in [2.24, 2.45) is 0 Å². The molecule has 0 spiro atoms. The van der Waals surface area contributed by atoms with E-state index in [1.165, 1.54) is 0 Å². The fraction of sp³-hybridized carbons (Fsp3) is 0.200. The minimum atomic E-state index is -1.29. The molecule has 2 aromatic rings. The molecule has 2 rings (SSSR count). The fourth-order valence-corrected chi connectivity index (χ4v) is 2.11. The summed E-state index contributed by atoms with van der Waals surface area (Å²) in [5, 5.41) is 18.7. The van der Waals surface area contributed by atoms with E-state index >= 15 is 0 Å². The van der Waals surface area contributed by atoms with Gasteiger partial charge in [0.1, 0.15) is 17.4 Å². The molecule has 1 heterocycles. The summed E-state index contributed by atoms with van der Waals surface area (Å²) in [5.41, 5.74) is 0.813. The van der Waals surface area contributed by atoms with Gasteiger partial charge < -0.3 is 9.52 Å². The van der Waals surface area contributed by atoms with Gasteiger partial charge in [-0.25, -0.2) is 4.79 Å². The summed E-state index contributed by atoms with van der Waals surface area (Å²) >= 11 is 4.14. The molecule has 1 N–H and O–H groups in total. The van der Waals surface area contributed by atoms with Crippen molar-refractivity contribution in [3.05, 3.63) is 41.2 Å². The lowest BCUT2D eigenvalue weighted by Crippen LogP contribution is -1.99. The maximum atomic E-state index is 10.9. The van der Waals surface area contributed by atoms with Gasteiger partial charge in [0.25, 0.3) is 0 Å². The van der Waals surface area contributed by atoms with Crippen LogP contribution in [-0.4, -0.2) is 11.1 Å². The molecule has 0 amide bonds. The number of carboxylic acids is 1. The van der Waals surface area contributed by atoms with Crippen LogP contribution in [0.4, 0.5) is 0 Å². The predicted octanol–water partition coefficient (Wildman–Crippen LogP) is 3.81. The fourth-order valence-electron chi connectivity index (χ4n) is 1.83. The van der Waals surface area contributed by atoms with E-state index in [0.29, 0.717) is 11.1 Å². The van der Waals surface area contributed by atoms with Crippen LogP contribution in [0.2, 0.25) is 0 Å². The molecule has 0 saturated heterocycles. The van der Waals surface area contributed by atoms with Crippen LogP contribution in [0.25, 0.3) is 15.9 Å². The van der Waals surface area contributed by atoms with Gasteiger partial charge in [-0.15, -0.1) is 12.6 Å². The highest BCUT2D eigenvalue weighted by molar-refractivity contribution is 7.90. The molecule has 0 saturated carbocycles. The quantitative estimate of drug-likeness (QED) is 0.511. The van der Waals surface area contributed by atoms with Gasteiger partial charge in [-0.05, 0) is 17.7 Å². The van der Waals surface area contributed by atoms with Crippen molar-refractivity contribution in [2.45, 2.75) is 19.8 Å². The third-order valence-electron chi connectivity index (χ3n) is 2.94. The SMILES string of the molecule is CC(C)c1cc2ccc(/C(S)=C(/C#N)C(=O)O)cc2o1. The van der Waals surface area contributed by atoms with Gasteiger partial charge in [0, 0.05) is 16.2 Å². The Morgan fingerprint density at radius 3 is 2.65 bits per heavy atom. The molecule has 0 aliphatic carbocycles. The molecule has 1 aromatic carbocycles. The Bertz CT molecular complexity index is 750. The molecule has 5 heteroatoms. The number of fused-ring (bicyclic) bond motifs is 1. The summed E-state index contributed by atoms with van der Waals surface area (Å²) in [7, 11) is 0. The Balaban J connectivity index is 2.57. The highest BCUT2D eigenvalue weighted by atomic mass is 32.1. The Kier molecular flexibility index (Phi) is 3.86. The van der Waals surface area contributed by atoms with Crippen molar-refractivity contribution >= 4 is 34.5 Å². The number of nitriles is 1. The zero-order valence-electron chi connectivity index (χ0n) is 11.0. The standard InChI is InChI=1S/C15H13NO3S/c1-8(2)12-5-9-3-4-10(6-13(9)19-12)14(20)11(7-16)15(17)18/h3-6,8,20H,1-2H3,(H,17,18)/b14-11+. The maximum Gasteiger partial charge on any atom is 0.347 e. The van der Waals surface area contributed by atoms with Crippen molar-refractivity contribution in [2.75, 3.05) is 0 Å². The number of rotatable bonds is 3. The topological polar surface area (TPSA) is 74.2 Å². The largest absolute Gasteiger partial charge is 0.477 e. The molecule has 0 atom stereocenters. The van der Waals surface area contributed by atoms with Gasteiger partial charge >= 0.3 is 5.97 Å². The van der Waals surface area contributed by atoms with Crippen molar-refractivity contribution in [3.63, 3.8) is 0 Å². The maximum absolute atomic E-state index is 10.9. The molecule has 102 valence electrons. The molecule has 1 aromatic heterocycles. The average molecular weight is 287 g/mol. The van der Waals surface area contributed by atoms with Gasteiger partial charge in [-0.3, -0.25) is 0 Å². The highest BCUT2D eigenvalue weighted by Crippen LogP contribution is 2.30. The number of nitrogens with zero attached hydrogens (tertiary/aromatic N) is 1. The first-order valence-corrected chi connectivity index (χ1v) is 6.49. The van der Waals surface area contributed by atoms with Crippen molar-refractivity contribution in [1.82, 2.24) is 0 Å². The number of benzene rings is 1. The van der Waals surface area contributed by atoms with Crippen LogP contribution in [0.15, 0.2) is 34.3 Å². The molecule has 0 unspecified atom stereocenters. The van der Waals surface area contributed by atoms with Gasteiger partial charge in [0.05, 0.1) is 0 Å². The smallest absolute Gasteiger partial charge is 0.347 e. The van der Waals surface area contributed by atoms with E-state index in [9.17, 15) is 4.79 Å². The van der Waals surface area contributed by atoms with Gasteiger partial charge in [0.15, 0.2) is 5.57 Å². The second kappa shape index (κ2) is 5.43. The van der Waals surface area contributed by atoms with Crippen molar-refractivity contribution in [1.29, 1.82) is 5.26 Å². The van der Waals surface area contributed by atoms with Crippen molar-refractivity contribution < 1.29 is 14.3 Å². The van der Waals surface area contributed by atoms with E-state index in [1.54, 1.807) is 18.2 Å². The van der Waals surface area contributed by atoms with Gasteiger partial charge in [-0.2, -0.15) is 5.26 Å². The summed E-state index contributed by atoms with van der Waals surface area (Å²) < 4.78 is 5.71. The van der Waals surface area contributed by atoms with E-state index in [0.717, 1.165) is 11.1 Å². The second-order valence-electron chi connectivity index (χ2n) is 4.70. The summed E-state index contributed by atoms with van der Waals surface area (Å²) in [6.45, 7) is 4.06. The van der Waals surface area contributed by atoms with Gasteiger partial charge in [-0.1, -0.05) is 26.0 Å². The molecule has 0 bridgehead atoms. The Labute approximate surface area is 121 Å². The summed E-state index contributed by atoms with van der Waals surface area (Å²) in [5.74, 6) is -0.161. The number of aliphatic carboxylic acids is 1. The highest BCUT2D eigenvalue weighted by Gasteiger charge is 2.14. The number of furan rings is 1. The van der Waals surface area contributed by atoms with Crippen LogP contribution < -0.4 is 0 Å². The first-order valence-electron chi connectivity index (χ1n) is 6.04. The average Bonchev–Trinajstić information content (AvgIpc) is 2.81. The first kappa shape index (κ1) is 14.2. The number of thiol groups is 1. The van der Waals surface area contributed by atoms with E-state index in [2.05, 4.69) is 12.6 Å². The molecule has 0 radical (unpaired) electrons. The Hall–Kier alpha value is -2.19. The Morgan fingerprint density at radius 2 is 2.10 bits per heavy atom. The zero-order valence-corrected chi connectivity index (χ0v) is 11.9. The number of hydrogen-bond acceptors (Lipinski definition) is 4. The van der Waals surface area contributed by atoms with Crippen LogP contribution in [0.3, 0.4) is 0 Å². The lowest BCUT2D eigenvalue weighted by atomic mass is 10.1. The van der Waals surface area contributed by atoms with Gasteiger partial charge in [0.2, 0.25) is 0 Å². The minimum absolute atomic E-state index is 0.129. The molecule has 0 aliphatic heterocycles. The summed E-state index contributed by atoms with van der Waals surface area (Å²) in [6.07, 6.45) is 0.